The zero-order valence-electron chi connectivity index (χ0n) is 15.1. The molecule has 6 atom stereocenters. The molecule has 7 nitrogen and oxygen atoms in total. The number of hydrogen-bond acceptors (Lipinski definition) is 7. The van der Waals surface area contributed by atoms with Crippen LogP contribution in [0.2, 0.25) is 0 Å². The van der Waals surface area contributed by atoms with Gasteiger partial charge in [-0.1, -0.05) is 11.3 Å². The molecule has 8 heteroatoms. The highest BCUT2D eigenvalue weighted by molar-refractivity contribution is 7.16. The molecule has 5 fully saturated rings. The van der Waals surface area contributed by atoms with Crippen molar-refractivity contribution in [1.29, 1.82) is 5.26 Å². The lowest BCUT2D eigenvalue weighted by Crippen LogP contribution is -2.58. The van der Waals surface area contributed by atoms with Gasteiger partial charge in [0.2, 0.25) is 0 Å². The van der Waals surface area contributed by atoms with E-state index < -0.39 is 5.60 Å². The number of thiazole rings is 1. The first-order valence-corrected chi connectivity index (χ1v) is 10.6. The molecule has 3 unspecified atom stereocenters. The molecule has 0 aromatic carbocycles. The number of likely N-dealkylation sites (tertiary alicyclic amines) is 1. The van der Waals surface area contributed by atoms with Gasteiger partial charge < -0.3 is 20.1 Å². The zero-order valence-corrected chi connectivity index (χ0v) is 16.0. The van der Waals surface area contributed by atoms with E-state index in [1.807, 2.05) is 0 Å². The summed E-state index contributed by atoms with van der Waals surface area (Å²) < 4.78 is 5.97. The van der Waals surface area contributed by atoms with Crippen LogP contribution in [0.1, 0.15) is 43.4 Å². The topological polar surface area (TPSA) is 98.5 Å². The highest BCUT2D eigenvalue weighted by Gasteiger charge is 2.56. The van der Waals surface area contributed by atoms with Gasteiger partial charge in [-0.15, -0.1) is 0 Å². The molecule has 1 amide bonds. The van der Waals surface area contributed by atoms with Crippen LogP contribution in [0.25, 0.3) is 0 Å². The van der Waals surface area contributed by atoms with Crippen LogP contribution in [0, 0.1) is 29.1 Å². The minimum atomic E-state index is -0.502. The lowest BCUT2D eigenvalue weighted by molar-refractivity contribution is -0.177. The molecule has 144 valence electrons. The quantitative estimate of drug-likeness (QED) is 0.826. The second-order valence-corrected chi connectivity index (χ2v) is 9.79. The molecule has 5 aliphatic rings. The molecule has 1 aromatic heterocycles. The van der Waals surface area contributed by atoms with Gasteiger partial charge in [-0.25, -0.2) is 9.78 Å². The number of aromatic nitrogens is 1. The van der Waals surface area contributed by atoms with E-state index in [9.17, 15) is 9.90 Å². The summed E-state index contributed by atoms with van der Waals surface area (Å²) >= 11 is 1.33. The first-order chi connectivity index (χ1) is 13.0. The standard InChI is InChI=1S/C19H24N4O3S/c20-8-15-9-21-17(27-15)22-14-1-2-23(10-14)18(24)26-16-12-3-11-4-13(16)7-19(25,5-11)6-12/h9,11-14,16,25H,1-7,10H2,(H,21,22)/t11?,12-,13?,14+,16?,19-/m0/s1. The van der Waals surface area contributed by atoms with Gasteiger partial charge in [-0.3, -0.25) is 0 Å². The molecule has 0 radical (unpaired) electrons. The first-order valence-electron chi connectivity index (χ1n) is 9.82. The van der Waals surface area contributed by atoms with Crippen molar-refractivity contribution in [2.24, 2.45) is 17.8 Å². The van der Waals surface area contributed by atoms with Crippen molar-refractivity contribution in [1.82, 2.24) is 9.88 Å². The van der Waals surface area contributed by atoms with Gasteiger partial charge in [0.1, 0.15) is 17.1 Å². The van der Waals surface area contributed by atoms with Crippen molar-refractivity contribution in [2.45, 2.75) is 56.3 Å². The van der Waals surface area contributed by atoms with E-state index in [-0.39, 0.29) is 18.2 Å². The van der Waals surface area contributed by atoms with E-state index >= 15 is 0 Å². The molecule has 27 heavy (non-hydrogen) atoms. The van der Waals surface area contributed by atoms with Crippen LogP contribution in [0.3, 0.4) is 0 Å². The second kappa shape index (κ2) is 6.35. The van der Waals surface area contributed by atoms with Crippen molar-refractivity contribution in [2.75, 3.05) is 18.4 Å². The zero-order chi connectivity index (χ0) is 18.6. The lowest BCUT2D eigenvalue weighted by Gasteiger charge is -2.57. The Morgan fingerprint density at radius 3 is 2.85 bits per heavy atom. The summed E-state index contributed by atoms with van der Waals surface area (Å²) in [4.78, 5) is 19.3. The summed E-state index contributed by atoms with van der Waals surface area (Å²) in [5.41, 5.74) is -0.502. The third-order valence-electron chi connectivity index (χ3n) is 6.78. The minimum Gasteiger partial charge on any atom is -0.446 e. The van der Waals surface area contributed by atoms with Gasteiger partial charge in [0.25, 0.3) is 0 Å². The van der Waals surface area contributed by atoms with E-state index in [1.165, 1.54) is 11.3 Å². The van der Waals surface area contributed by atoms with Gasteiger partial charge in [0, 0.05) is 19.1 Å². The van der Waals surface area contributed by atoms with Crippen molar-refractivity contribution >= 4 is 22.6 Å². The monoisotopic (exact) mass is 388 g/mol. The van der Waals surface area contributed by atoms with Crippen molar-refractivity contribution in [3.8, 4) is 6.07 Å². The molecule has 2 N–H and O–H groups in total. The maximum Gasteiger partial charge on any atom is 0.410 e. The van der Waals surface area contributed by atoms with Gasteiger partial charge in [-0.2, -0.15) is 5.26 Å². The largest absolute Gasteiger partial charge is 0.446 e. The number of nitriles is 1. The SMILES string of the molecule is N#Cc1cnc(N[C@@H]2CCN(C(=O)OC3C4CC5C[C@H]3C[C@@](O)(C5)C4)C2)s1. The van der Waals surface area contributed by atoms with Gasteiger partial charge in [0.05, 0.1) is 11.8 Å². The van der Waals surface area contributed by atoms with Crippen LogP contribution in [-0.2, 0) is 4.74 Å². The fourth-order valence-corrected chi connectivity index (χ4v) is 6.62. The molecular weight excluding hydrogens is 364 g/mol. The normalized spacial score (nSPS) is 39.4. The molecule has 4 saturated carbocycles. The van der Waals surface area contributed by atoms with E-state index in [0.29, 0.717) is 35.7 Å². The summed E-state index contributed by atoms with van der Waals surface area (Å²) in [6.45, 7) is 1.26. The Hall–Kier alpha value is -1.85. The molecule has 6 rings (SSSR count). The number of amides is 1. The molecule has 1 aromatic rings. The third-order valence-corrected chi connectivity index (χ3v) is 7.61. The number of carbonyl (C=O) groups excluding carboxylic acids is 1. The predicted molar refractivity (Wildman–Crippen MR) is 99.2 cm³/mol. The Balaban J connectivity index is 1.17. The number of carbonyl (C=O) groups is 1. The Kier molecular flexibility index (Phi) is 4.06. The van der Waals surface area contributed by atoms with E-state index in [2.05, 4.69) is 16.4 Å². The van der Waals surface area contributed by atoms with Crippen molar-refractivity contribution in [3.05, 3.63) is 11.1 Å². The van der Waals surface area contributed by atoms with Crippen molar-refractivity contribution in [3.63, 3.8) is 0 Å². The summed E-state index contributed by atoms with van der Waals surface area (Å²) in [7, 11) is 0. The Morgan fingerprint density at radius 2 is 2.19 bits per heavy atom. The van der Waals surface area contributed by atoms with Crippen LogP contribution < -0.4 is 5.32 Å². The minimum absolute atomic E-state index is 0.0292. The highest BCUT2D eigenvalue weighted by Crippen LogP contribution is 2.56. The summed E-state index contributed by atoms with van der Waals surface area (Å²) in [5, 5.41) is 23.6. The fraction of sp³-hybridized carbons (Fsp3) is 0.737. The summed E-state index contributed by atoms with van der Waals surface area (Å²) in [5.74, 6) is 1.25. The van der Waals surface area contributed by atoms with Gasteiger partial charge in [-0.05, 0) is 56.3 Å². The Labute approximate surface area is 162 Å². The van der Waals surface area contributed by atoms with Crippen molar-refractivity contribution < 1.29 is 14.6 Å². The van der Waals surface area contributed by atoms with E-state index in [0.717, 1.165) is 43.7 Å². The van der Waals surface area contributed by atoms with Crippen LogP contribution in [-0.4, -0.2) is 51.9 Å². The average Bonchev–Trinajstić information content (AvgIpc) is 3.26. The Morgan fingerprint density at radius 1 is 1.41 bits per heavy atom. The lowest BCUT2D eigenvalue weighted by atomic mass is 9.53. The number of nitrogens with zero attached hydrogens (tertiary/aromatic N) is 3. The third kappa shape index (κ3) is 3.17. The smallest absolute Gasteiger partial charge is 0.410 e. The number of aliphatic hydroxyl groups is 1. The fourth-order valence-electron chi connectivity index (χ4n) is 5.93. The van der Waals surface area contributed by atoms with Gasteiger partial charge in [0.15, 0.2) is 5.13 Å². The van der Waals surface area contributed by atoms with E-state index in [4.69, 9.17) is 10.00 Å². The maximum atomic E-state index is 12.7. The Bertz CT molecular complexity index is 774. The summed E-state index contributed by atoms with van der Waals surface area (Å²) in [6.07, 6.45) is 6.84. The molecule has 1 saturated heterocycles. The number of nitrogens with one attached hydrogen (secondary N) is 1. The van der Waals surface area contributed by atoms with Gasteiger partial charge >= 0.3 is 6.09 Å². The number of rotatable bonds is 3. The maximum absolute atomic E-state index is 12.7. The highest BCUT2D eigenvalue weighted by atomic mass is 32.1. The predicted octanol–water partition coefficient (Wildman–Crippen LogP) is 2.58. The second-order valence-electron chi connectivity index (χ2n) is 8.76. The molecule has 1 aliphatic heterocycles. The molecule has 0 spiro atoms. The number of anilines is 1. The molecule has 4 aliphatic carbocycles. The van der Waals surface area contributed by atoms with Crippen LogP contribution in [0.15, 0.2) is 6.20 Å². The first kappa shape index (κ1) is 17.3. The average molecular weight is 388 g/mol. The number of hydrogen-bond donors (Lipinski definition) is 2. The van der Waals surface area contributed by atoms with E-state index in [1.54, 1.807) is 11.1 Å². The van der Waals surface area contributed by atoms with Crippen LogP contribution in [0.5, 0.6) is 0 Å². The van der Waals surface area contributed by atoms with Crippen LogP contribution >= 0.6 is 11.3 Å². The number of ether oxygens (including phenoxy) is 1. The molecule has 2 heterocycles. The molecule has 4 bridgehead atoms. The molecular formula is C19H24N4O3S. The van der Waals surface area contributed by atoms with Crippen LogP contribution in [0.4, 0.5) is 9.93 Å². The summed E-state index contributed by atoms with van der Waals surface area (Å²) in [6, 6.07) is 2.22.